The van der Waals surface area contributed by atoms with Crippen LogP contribution in [0.15, 0.2) is 29.2 Å². The Kier molecular flexibility index (Phi) is 6.68. The van der Waals surface area contributed by atoms with E-state index in [1.807, 2.05) is 6.92 Å². The standard InChI is InChI=1S/C15H24O7S2/c1-7-15(2,3)21-14(16)20-12-8-10-13(11-9-12)23(5,6)22-24(17,18)19-4/h8-11H,7H2,1-6H3. The first-order valence-corrected chi connectivity index (χ1v) is 10.9. The van der Waals surface area contributed by atoms with Gasteiger partial charge in [-0.1, -0.05) is 17.2 Å². The van der Waals surface area contributed by atoms with E-state index in [0.29, 0.717) is 17.1 Å². The van der Waals surface area contributed by atoms with Gasteiger partial charge in [-0.25, -0.2) is 4.79 Å². The van der Waals surface area contributed by atoms with Crippen molar-refractivity contribution >= 4 is 26.9 Å². The number of carbonyl (C=O) groups is 1. The molecule has 1 aromatic rings. The third-order valence-corrected chi connectivity index (χ3v) is 7.10. The van der Waals surface area contributed by atoms with E-state index < -0.39 is 32.5 Å². The SMILES string of the molecule is CCC(C)(C)OC(=O)Oc1ccc(S(C)(C)OS(=O)(=O)OC)cc1. The Labute approximate surface area is 145 Å². The highest BCUT2D eigenvalue weighted by Gasteiger charge is 2.25. The molecule has 0 atom stereocenters. The summed E-state index contributed by atoms with van der Waals surface area (Å²) in [5.41, 5.74) is -0.606. The van der Waals surface area contributed by atoms with Gasteiger partial charge in [0.25, 0.3) is 0 Å². The van der Waals surface area contributed by atoms with Crippen LogP contribution in [0.1, 0.15) is 27.2 Å². The van der Waals surface area contributed by atoms with Crippen LogP contribution in [-0.4, -0.2) is 39.8 Å². The van der Waals surface area contributed by atoms with Gasteiger partial charge in [0.1, 0.15) is 11.4 Å². The molecule has 0 saturated carbocycles. The quantitative estimate of drug-likeness (QED) is 0.527. The van der Waals surface area contributed by atoms with Crippen LogP contribution in [-0.2, 0) is 22.9 Å². The maximum Gasteiger partial charge on any atom is 0.514 e. The highest BCUT2D eigenvalue weighted by atomic mass is 32.3. The first-order chi connectivity index (χ1) is 10.9. The normalized spacial score (nSPS) is 13.4. The van der Waals surface area contributed by atoms with Gasteiger partial charge in [0, 0.05) is 4.90 Å². The molecule has 0 N–H and O–H groups in total. The summed E-state index contributed by atoms with van der Waals surface area (Å²) in [6.45, 7) is 5.48. The lowest BCUT2D eigenvalue weighted by Gasteiger charge is -2.29. The van der Waals surface area contributed by atoms with E-state index in [4.69, 9.17) is 13.1 Å². The lowest BCUT2D eigenvalue weighted by atomic mass is 10.1. The average Bonchev–Trinajstić information content (AvgIpc) is 2.46. The van der Waals surface area contributed by atoms with Crippen LogP contribution in [0.4, 0.5) is 4.79 Å². The van der Waals surface area contributed by atoms with Crippen molar-refractivity contribution in [2.24, 2.45) is 0 Å². The van der Waals surface area contributed by atoms with Crippen molar-refractivity contribution < 1.29 is 30.5 Å². The van der Waals surface area contributed by atoms with Crippen molar-refractivity contribution in [3.63, 3.8) is 0 Å². The third-order valence-electron chi connectivity index (χ3n) is 3.26. The van der Waals surface area contributed by atoms with Crippen molar-refractivity contribution in [1.29, 1.82) is 0 Å². The van der Waals surface area contributed by atoms with Crippen molar-refractivity contribution in [2.45, 2.75) is 37.7 Å². The molecule has 0 amide bonds. The van der Waals surface area contributed by atoms with Crippen LogP contribution in [0.3, 0.4) is 0 Å². The second-order valence-corrected chi connectivity index (χ2v) is 10.5. The fraction of sp³-hybridized carbons (Fsp3) is 0.533. The molecule has 24 heavy (non-hydrogen) atoms. The molecule has 0 fully saturated rings. The number of carbonyl (C=O) groups excluding carboxylic acids is 1. The number of ether oxygens (including phenoxy) is 2. The minimum absolute atomic E-state index is 0.292. The van der Waals surface area contributed by atoms with Crippen molar-refractivity contribution in [3.05, 3.63) is 24.3 Å². The zero-order valence-corrected chi connectivity index (χ0v) is 16.3. The second kappa shape index (κ2) is 7.73. The summed E-state index contributed by atoms with van der Waals surface area (Å²) in [4.78, 5) is 12.4. The van der Waals surface area contributed by atoms with E-state index >= 15 is 0 Å². The molecule has 0 aliphatic heterocycles. The van der Waals surface area contributed by atoms with Crippen molar-refractivity contribution in [1.82, 2.24) is 0 Å². The molecule has 0 unspecified atom stereocenters. The first-order valence-electron chi connectivity index (χ1n) is 7.16. The summed E-state index contributed by atoms with van der Waals surface area (Å²) < 4.78 is 42.6. The van der Waals surface area contributed by atoms with Gasteiger partial charge in [0.2, 0.25) is 0 Å². The summed E-state index contributed by atoms with van der Waals surface area (Å²) in [6.07, 6.45) is 3.19. The molecule has 7 nitrogen and oxygen atoms in total. The molecule has 1 aromatic carbocycles. The smallest absolute Gasteiger partial charge is 0.428 e. The lowest BCUT2D eigenvalue weighted by molar-refractivity contribution is 0.00705. The Morgan fingerprint density at radius 2 is 1.67 bits per heavy atom. The average molecular weight is 380 g/mol. The lowest BCUT2D eigenvalue weighted by Crippen LogP contribution is -2.28. The van der Waals surface area contributed by atoms with Gasteiger partial charge in [0.15, 0.2) is 0 Å². The topological polar surface area (TPSA) is 88.1 Å². The zero-order chi connectivity index (χ0) is 18.6. The third kappa shape index (κ3) is 6.31. The van der Waals surface area contributed by atoms with Crippen LogP contribution in [0.5, 0.6) is 5.75 Å². The highest BCUT2D eigenvalue weighted by Crippen LogP contribution is 2.51. The van der Waals surface area contributed by atoms with Gasteiger partial charge in [-0.2, -0.15) is 12.0 Å². The Bertz CT molecular complexity index is 664. The maximum absolute atomic E-state index is 11.7. The minimum atomic E-state index is -4.05. The largest absolute Gasteiger partial charge is 0.514 e. The Hall–Kier alpha value is -1.29. The maximum atomic E-state index is 11.7. The highest BCUT2D eigenvalue weighted by molar-refractivity contribution is 8.31. The Balaban J connectivity index is 2.81. The minimum Gasteiger partial charge on any atom is -0.428 e. The van der Waals surface area contributed by atoms with Gasteiger partial charge < -0.3 is 9.47 Å². The molecule has 9 heteroatoms. The summed E-state index contributed by atoms with van der Waals surface area (Å²) in [7, 11) is -5.11. The van der Waals surface area contributed by atoms with E-state index in [-0.39, 0.29) is 0 Å². The summed E-state index contributed by atoms with van der Waals surface area (Å²) in [5.74, 6) is 0.292. The molecular weight excluding hydrogens is 356 g/mol. The van der Waals surface area contributed by atoms with E-state index in [1.54, 1.807) is 50.6 Å². The molecule has 0 bridgehead atoms. The summed E-state index contributed by atoms with van der Waals surface area (Å²) in [5, 5.41) is 0. The number of benzene rings is 1. The number of hydrogen-bond acceptors (Lipinski definition) is 7. The number of hydrogen-bond donors (Lipinski definition) is 0. The second-order valence-electron chi connectivity index (χ2n) is 5.91. The van der Waals surface area contributed by atoms with E-state index in [1.165, 1.54) is 0 Å². The van der Waals surface area contributed by atoms with Gasteiger partial charge in [0.05, 0.1) is 7.11 Å². The van der Waals surface area contributed by atoms with E-state index in [9.17, 15) is 13.2 Å². The summed E-state index contributed by atoms with van der Waals surface area (Å²) in [6, 6.07) is 6.36. The van der Waals surface area contributed by atoms with Gasteiger partial charge in [-0.15, -0.1) is 0 Å². The molecule has 0 radical (unpaired) electrons. The van der Waals surface area contributed by atoms with Crippen molar-refractivity contribution in [3.8, 4) is 5.75 Å². The van der Waals surface area contributed by atoms with Crippen LogP contribution in [0, 0.1) is 0 Å². The van der Waals surface area contributed by atoms with E-state index in [2.05, 4.69) is 4.18 Å². The molecule has 1 rings (SSSR count). The molecule has 0 spiro atoms. The monoisotopic (exact) mass is 380 g/mol. The summed E-state index contributed by atoms with van der Waals surface area (Å²) >= 11 is 0. The first kappa shape index (κ1) is 20.8. The van der Waals surface area contributed by atoms with Gasteiger partial charge >= 0.3 is 16.6 Å². The predicted octanol–water partition coefficient (Wildman–Crippen LogP) is 3.64. The molecule has 138 valence electrons. The Morgan fingerprint density at radius 3 is 2.12 bits per heavy atom. The molecule has 0 aliphatic rings. The van der Waals surface area contributed by atoms with Crippen molar-refractivity contribution in [2.75, 3.05) is 19.6 Å². The molecule has 0 aromatic heterocycles. The van der Waals surface area contributed by atoms with Crippen LogP contribution < -0.4 is 4.74 Å². The van der Waals surface area contributed by atoms with Crippen LogP contribution in [0.25, 0.3) is 0 Å². The number of rotatable bonds is 7. The molecule has 0 saturated heterocycles. The predicted molar refractivity (Wildman–Crippen MR) is 92.6 cm³/mol. The molecule has 0 heterocycles. The molecule has 0 aliphatic carbocycles. The Morgan fingerprint density at radius 1 is 1.12 bits per heavy atom. The fourth-order valence-electron chi connectivity index (χ4n) is 1.53. The fourth-order valence-corrected chi connectivity index (χ4v) is 4.52. The van der Waals surface area contributed by atoms with Gasteiger partial charge in [-0.05, 0) is 57.0 Å². The zero-order valence-electron chi connectivity index (χ0n) is 14.7. The van der Waals surface area contributed by atoms with Crippen LogP contribution >= 0.6 is 10.3 Å². The van der Waals surface area contributed by atoms with Gasteiger partial charge in [-0.3, -0.25) is 4.18 Å². The van der Waals surface area contributed by atoms with E-state index in [0.717, 1.165) is 7.11 Å². The van der Waals surface area contributed by atoms with Crippen LogP contribution in [0.2, 0.25) is 0 Å². The molecular formula is C15H24O7S2.